The van der Waals surface area contributed by atoms with Crippen LogP contribution in [-0.4, -0.2) is 60.6 Å². The molecule has 0 spiro atoms. The first-order chi connectivity index (χ1) is 18.1. The zero-order valence-electron chi connectivity index (χ0n) is 21.2. The number of carbonyl (C=O) groups excluding carboxylic acids is 1. The monoisotopic (exact) mass is 575 g/mol. The highest BCUT2D eigenvalue weighted by Crippen LogP contribution is 2.31. The predicted molar refractivity (Wildman–Crippen MR) is 149 cm³/mol. The molecule has 1 fully saturated rings. The van der Waals surface area contributed by atoms with E-state index in [1.807, 2.05) is 6.26 Å². The molecule has 0 radical (unpaired) electrons. The minimum absolute atomic E-state index is 0.0724. The van der Waals surface area contributed by atoms with Crippen LogP contribution in [0.3, 0.4) is 0 Å². The van der Waals surface area contributed by atoms with Crippen molar-refractivity contribution in [2.75, 3.05) is 43.1 Å². The van der Waals surface area contributed by atoms with Crippen LogP contribution in [0.2, 0.25) is 0 Å². The van der Waals surface area contributed by atoms with Crippen LogP contribution in [0.4, 0.5) is 11.4 Å². The molecule has 1 amide bonds. The molecule has 202 valence electrons. The molecule has 1 N–H and O–H groups in total. The number of anilines is 2. The van der Waals surface area contributed by atoms with E-state index in [9.17, 15) is 21.6 Å². The smallest absolute Gasteiger partial charge is 0.264 e. The molecule has 1 heterocycles. The summed E-state index contributed by atoms with van der Waals surface area (Å²) in [7, 11) is -4.59. The summed E-state index contributed by atoms with van der Waals surface area (Å²) in [6.45, 7) is 0.936. The summed E-state index contributed by atoms with van der Waals surface area (Å²) in [5.74, 6) is -0.183. The Morgan fingerprint density at radius 1 is 0.921 bits per heavy atom. The van der Waals surface area contributed by atoms with Gasteiger partial charge in [0.1, 0.15) is 5.75 Å². The molecule has 0 aliphatic carbocycles. The number of methoxy groups -OCH3 is 1. The number of hydrogen-bond acceptors (Lipinski definition) is 7. The molecule has 3 aromatic carbocycles. The van der Waals surface area contributed by atoms with E-state index in [0.29, 0.717) is 24.5 Å². The molecule has 4 rings (SSSR count). The number of rotatable bonds is 9. The van der Waals surface area contributed by atoms with Crippen LogP contribution in [0, 0.1) is 0 Å². The van der Waals surface area contributed by atoms with Crippen molar-refractivity contribution in [3.8, 4) is 5.75 Å². The molecule has 1 aliphatic heterocycles. The van der Waals surface area contributed by atoms with E-state index < -0.39 is 26.0 Å². The van der Waals surface area contributed by atoms with E-state index in [4.69, 9.17) is 4.74 Å². The summed E-state index contributed by atoms with van der Waals surface area (Å²) in [6, 6.07) is 17.1. The molecular formula is C26H29N3O6S3. The quantitative estimate of drug-likeness (QED) is 0.379. The molecule has 3 aromatic rings. The normalized spacial score (nSPS) is 14.3. The van der Waals surface area contributed by atoms with Crippen molar-refractivity contribution in [2.24, 2.45) is 0 Å². The van der Waals surface area contributed by atoms with Crippen LogP contribution < -0.4 is 14.4 Å². The minimum atomic E-state index is -3.79. The Bertz CT molecular complexity index is 1520. The summed E-state index contributed by atoms with van der Waals surface area (Å²) in [5.41, 5.74) is 0.862. The number of thioether (sulfide) groups is 1. The Morgan fingerprint density at radius 3 is 2.11 bits per heavy atom. The summed E-state index contributed by atoms with van der Waals surface area (Å²) in [6.07, 6.45) is 3.54. The van der Waals surface area contributed by atoms with Gasteiger partial charge in [-0.15, -0.1) is 11.8 Å². The third-order valence-corrected chi connectivity index (χ3v) is 10.8. The molecule has 0 aromatic heterocycles. The SMILES string of the molecule is COc1ccc(S(=O)(=O)N2CCCC2)cc1NC(=O)c1ccc(N(C)S(=O)(=O)c2ccc(SC)cc2)cc1. The predicted octanol–water partition coefficient (Wildman–Crippen LogP) is 4.28. The third-order valence-electron chi connectivity index (χ3n) is 6.33. The van der Waals surface area contributed by atoms with Gasteiger partial charge in [0, 0.05) is 30.6 Å². The molecule has 12 heteroatoms. The Kier molecular flexibility index (Phi) is 8.36. The minimum Gasteiger partial charge on any atom is -0.495 e. The molecule has 1 aliphatic rings. The number of benzene rings is 3. The second kappa shape index (κ2) is 11.4. The van der Waals surface area contributed by atoms with Gasteiger partial charge in [0.25, 0.3) is 15.9 Å². The van der Waals surface area contributed by atoms with E-state index in [1.165, 1.54) is 72.7 Å². The van der Waals surface area contributed by atoms with E-state index in [1.54, 1.807) is 24.3 Å². The van der Waals surface area contributed by atoms with Gasteiger partial charge in [0.2, 0.25) is 10.0 Å². The average Bonchev–Trinajstić information content (AvgIpc) is 3.49. The second-order valence-corrected chi connectivity index (χ2v) is 13.4. The van der Waals surface area contributed by atoms with E-state index in [-0.39, 0.29) is 21.0 Å². The molecule has 0 bridgehead atoms. The molecule has 0 saturated carbocycles. The maximum Gasteiger partial charge on any atom is 0.264 e. The van der Waals surface area contributed by atoms with Crippen LogP contribution in [-0.2, 0) is 20.0 Å². The van der Waals surface area contributed by atoms with Crippen molar-refractivity contribution in [3.05, 3.63) is 72.3 Å². The van der Waals surface area contributed by atoms with Crippen molar-refractivity contribution < 1.29 is 26.4 Å². The highest BCUT2D eigenvalue weighted by molar-refractivity contribution is 7.98. The Hall–Kier alpha value is -3.06. The third kappa shape index (κ3) is 5.68. The first-order valence-corrected chi connectivity index (χ1v) is 15.9. The van der Waals surface area contributed by atoms with Gasteiger partial charge in [0.05, 0.1) is 28.3 Å². The average molecular weight is 576 g/mol. The molecule has 9 nitrogen and oxygen atoms in total. The van der Waals surface area contributed by atoms with Gasteiger partial charge in [0.15, 0.2) is 0 Å². The maximum absolute atomic E-state index is 13.0. The topological polar surface area (TPSA) is 113 Å². The fourth-order valence-corrected chi connectivity index (χ4v) is 7.23. The number of amides is 1. The van der Waals surface area contributed by atoms with Gasteiger partial charge in [-0.3, -0.25) is 9.10 Å². The van der Waals surface area contributed by atoms with Crippen LogP contribution in [0.25, 0.3) is 0 Å². The number of carbonyl (C=O) groups is 1. The van der Waals surface area contributed by atoms with Gasteiger partial charge in [-0.2, -0.15) is 4.31 Å². The highest BCUT2D eigenvalue weighted by Gasteiger charge is 2.28. The summed E-state index contributed by atoms with van der Waals surface area (Å²) in [5, 5.41) is 2.72. The molecule has 1 saturated heterocycles. The standard InChI is InChI=1S/C26H29N3O6S3/c1-28(37(31,32)22-12-10-21(36-3)11-13-22)20-8-6-19(7-9-20)26(30)27-24-18-23(14-15-25(24)35-2)38(33,34)29-16-4-5-17-29/h6-15,18H,4-5,16-17H2,1-3H3,(H,27,30). The zero-order valence-corrected chi connectivity index (χ0v) is 23.7. The van der Waals surface area contributed by atoms with Crippen LogP contribution in [0.15, 0.2) is 81.4 Å². The van der Waals surface area contributed by atoms with Crippen LogP contribution in [0.1, 0.15) is 23.2 Å². The van der Waals surface area contributed by atoms with Crippen molar-refractivity contribution in [1.29, 1.82) is 0 Å². The van der Waals surface area contributed by atoms with E-state index in [2.05, 4.69) is 5.32 Å². The van der Waals surface area contributed by atoms with E-state index >= 15 is 0 Å². The Morgan fingerprint density at radius 2 is 1.53 bits per heavy atom. The zero-order chi connectivity index (χ0) is 27.5. The Balaban J connectivity index is 1.53. The van der Waals surface area contributed by atoms with Crippen LogP contribution >= 0.6 is 11.8 Å². The van der Waals surface area contributed by atoms with Gasteiger partial charge in [-0.1, -0.05) is 0 Å². The van der Waals surface area contributed by atoms with Gasteiger partial charge >= 0.3 is 0 Å². The molecular weight excluding hydrogens is 547 g/mol. The first kappa shape index (κ1) is 28.0. The van der Waals surface area contributed by atoms with Crippen molar-refractivity contribution >= 4 is 49.1 Å². The maximum atomic E-state index is 13.0. The molecule has 0 unspecified atom stereocenters. The van der Waals surface area contributed by atoms with Crippen LogP contribution in [0.5, 0.6) is 5.75 Å². The number of nitrogens with one attached hydrogen (secondary N) is 1. The van der Waals surface area contributed by atoms with Gasteiger partial charge < -0.3 is 10.1 Å². The highest BCUT2D eigenvalue weighted by atomic mass is 32.2. The first-order valence-electron chi connectivity index (χ1n) is 11.8. The largest absolute Gasteiger partial charge is 0.495 e. The second-order valence-electron chi connectivity index (χ2n) is 8.62. The lowest BCUT2D eigenvalue weighted by atomic mass is 10.2. The lowest BCUT2D eigenvalue weighted by molar-refractivity contribution is 0.102. The fraction of sp³-hybridized carbons (Fsp3) is 0.269. The van der Waals surface area contributed by atoms with Gasteiger partial charge in [-0.05, 0) is 85.8 Å². The summed E-state index contributed by atoms with van der Waals surface area (Å²) < 4.78 is 59.9. The Labute approximate surface area is 227 Å². The molecule has 0 atom stereocenters. The lowest BCUT2D eigenvalue weighted by Crippen LogP contribution is -2.28. The summed E-state index contributed by atoms with van der Waals surface area (Å²) >= 11 is 1.52. The number of ether oxygens (including phenoxy) is 1. The number of sulfonamides is 2. The fourth-order valence-electron chi connectivity index (χ4n) is 4.08. The number of nitrogens with zero attached hydrogens (tertiary/aromatic N) is 2. The van der Waals surface area contributed by atoms with Gasteiger partial charge in [-0.25, -0.2) is 16.8 Å². The summed E-state index contributed by atoms with van der Waals surface area (Å²) in [4.78, 5) is 14.2. The molecule has 38 heavy (non-hydrogen) atoms. The lowest BCUT2D eigenvalue weighted by Gasteiger charge is -2.20. The van der Waals surface area contributed by atoms with E-state index in [0.717, 1.165) is 22.0 Å². The van der Waals surface area contributed by atoms with Crippen molar-refractivity contribution in [2.45, 2.75) is 27.5 Å². The van der Waals surface area contributed by atoms with Crippen molar-refractivity contribution in [3.63, 3.8) is 0 Å². The number of hydrogen-bond donors (Lipinski definition) is 1. The van der Waals surface area contributed by atoms with Crippen molar-refractivity contribution in [1.82, 2.24) is 4.31 Å².